The fraction of sp³-hybridized carbons (Fsp3) is 0.0769. The normalized spacial score (nSPS) is 11.1. The van der Waals surface area contributed by atoms with Crippen LogP contribution in [-0.2, 0) is 0 Å². The highest BCUT2D eigenvalue weighted by molar-refractivity contribution is 6.30. The van der Waals surface area contributed by atoms with Crippen molar-refractivity contribution in [3.63, 3.8) is 0 Å². The molecule has 2 nitrogen and oxygen atoms in total. The Bertz CT molecular complexity index is 692. The molecule has 0 aliphatic carbocycles. The minimum absolute atomic E-state index is 0.559. The first kappa shape index (κ1) is 9.55. The number of hydrogen-bond donors (Lipinski definition) is 0. The number of rotatable bonds is 0. The van der Waals surface area contributed by atoms with Crippen molar-refractivity contribution >= 4 is 33.3 Å². The molecule has 0 unspecified atom stereocenters. The van der Waals surface area contributed by atoms with Gasteiger partial charge in [-0.2, -0.15) is 0 Å². The molecular weight excluding hydrogens is 220 g/mol. The molecule has 0 spiro atoms. The average Bonchev–Trinajstić information content (AvgIpc) is 2.31. The van der Waals surface area contributed by atoms with E-state index in [1.807, 2.05) is 19.2 Å². The number of nitrogens with zero attached hydrogens (tertiary/aromatic N) is 2. The number of fused-ring (bicyclic) bond motifs is 3. The van der Waals surface area contributed by atoms with E-state index < -0.39 is 0 Å². The van der Waals surface area contributed by atoms with Crippen LogP contribution in [0.4, 0.5) is 0 Å². The molecule has 0 aliphatic heterocycles. The van der Waals surface area contributed by atoms with E-state index in [1.54, 1.807) is 6.20 Å². The second-order valence-electron chi connectivity index (χ2n) is 3.83. The molecule has 16 heavy (non-hydrogen) atoms. The molecule has 0 saturated carbocycles. The van der Waals surface area contributed by atoms with Gasteiger partial charge in [-0.3, -0.25) is 4.98 Å². The summed E-state index contributed by atoms with van der Waals surface area (Å²) in [4.78, 5) is 8.56. The summed E-state index contributed by atoms with van der Waals surface area (Å²) in [5.74, 6) is 0. The predicted octanol–water partition coefficient (Wildman–Crippen LogP) is 3.74. The van der Waals surface area contributed by atoms with Crippen LogP contribution in [0.3, 0.4) is 0 Å². The highest BCUT2D eigenvalue weighted by atomic mass is 35.5. The van der Waals surface area contributed by atoms with Crippen LogP contribution < -0.4 is 0 Å². The molecule has 3 heteroatoms. The van der Waals surface area contributed by atoms with Crippen molar-refractivity contribution < 1.29 is 0 Å². The zero-order valence-electron chi connectivity index (χ0n) is 8.74. The van der Waals surface area contributed by atoms with Crippen molar-refractivity contribution in [3.05, 3.63) is 47.4 Å². The summed E-state index contributed by atoms with van der Waals surface area (Å²) in [6, 6.07) is 8.17. The Morgan fingerprint density at radius 1 is 1.12 bits per heavy atom. The van der Waals surface area contributed by atoms with Crippen LogP contribution in [0, 0.1) is 6.92 Å². The molecule has 0 radical (unpaired) electrons. The Labute approximate surface area is 97.9 Å². The molecule has 0 N–H and O–H groups in total. The van der Waals surface area contributed by atoms with Crippen LogP contribution in [0.5, 0.6) is 0 Å². The Kier molecular flexibility index (Phi) is 2.04. The molecule has 3 rings (SSSR count). The highest BCUT2D eigenvalue weighted by Gasteiger charge is 2.04. The Hall–Kier alpha value is -1.67. The molecule has 0 aliphatic rings. The molecule has 78 valence electrons. The largest absolute Gasteiger partial charge is 0.264 e. The molecule has 0 bridgehead atoms. The minimum atomic E-state index is 0.559. The van der Waals surface area contributed by atoms with Crippen molar-refractivity contribution in [2.45, 2.75) is 6.92 Å². The second-order valence-corrected chi connectivity index (χ2v) is 4.19. The summed E-state index contributed by atoms with van der Waals surface area (Å²) in [7, 11) is 0. The lowest BCUT2D eigenvalue weighted by Gasteiger charge is -2.04. The lowest BCUT2D eigenvalue weighted by Crippen LogP contribution is -1.86. The molecule has 0 atom stereocenters. The summed E-state index contributed by atoms with van der Waals surface area (Å²) in [6.45, 7) is 1.96. The maximum Gasteiger partial charge on any atom is 0.132 e. The number of pyridine rings is 2. The van der Waals surface area contributed by atoms with Gasteiger partial charge >= 0.3 is 0 Å². The smallest absolute Gasteiger partial charge is 0.132 e. The fourth-order valence-electron chi connectivity index (χ4n) is 1.88. The van der Waals surface area contributed by atoms with Gasteiger partial charge in [-0.1, -0.05) is 23.7 Å². The lowest BCUT2D eigenvalue weighted by atomic mass is 10.1. The fourth-order valence-corrected chi connectivity index (χ4v) is 2.02. The van der Waals surface area contributed by atoms with Crippen LogP contribution in [0.2, 0.25) is 5.15 Å². The number of aromatic nitrogens is 2. The summed E-state index contributed by atoms with van der Waals surface area (Å²) in [5.41, 5.74) is 1.92. The van der Waals surface area contributed by atoms with E-state index in [-0.39, 0.29) is 0 Å². The first-order valence-electron chi connectivity index (χ1n) is 5.05. The van der Waals surface area contributed by atoms with Crippen molar-refractivity contribution in [2.24, 2.45) is 0 Å². The number of aryl methyl sites for hydroxylation is 1. The monoisotopic (exact) mass is 228 g/mol. The van der Waals surface area contributed by atoms with Gasteiger partial charge in [-0.25, -0.2) is 4.98 Å². The lowest BCUT2D eigenvalue weighted by molar-refractivity contribution is 1.33. The van der Waals surface area contributed by atoms with Gasteiger partial charge in [0, 0.05) is 23.2 Å². The van der Waals surface area contributed by atoms with Gasteiger partial charge in [0.05, 0.1) is 5.52 Å². The van der Waals surface area contributed by atoms with Crippen molar-refractivity contribution in [1.82, 2.24) is 9.97 Å². The molecule has 0 amide bonds. The van der Waals surface area contributed by atoms with Crippen LogP contribution in [0.25, 0.3) is 21.7 Å². The summed E-state index contributed by atoms with van der Waals surface area (Å²) in [5, 5.41) is 3.84. The highest BCUT2D eigenvalue weighted by Crippen LogP contribution is 2.26. The van der Waals surface area contributed by atoms with Crippen LogP contribution in [0.15, 0.2) is 36.7 Å². The first-order chi connectivity index (χ1) is 7.75. The second kappa shape index (κ2) is 3.42. The molecule has 2 aromatic heterocycles. The Morgan fingerprint density at radius 2 is 1.94 bits per heavy atom. The first-order valence-corrected chi connectivity index (χ1v) is 5.43. The predicted molar refractivity (Wildman–Crippen MR) is 66.8 cm³/mol. The topological polar surface area (TPSA) is 25.8 Å². The van der Waals surface area contributed by atoms with E-state index in [1.165, 1.54) is 0 Å². The van der Waals surface area contributed by atoms with Crippen LogP contribution >= 0.6 is 11.6 Å². The van der Waals surface area contributed by atoms with E-state index in [2.05, 4.69) is 28.2 Å². The van der Waals surface area contributed by atoms with E-state index in [4.69, 9.17) is 11.6 Å². The van der Waals surface area contributed by atoms with Gasteiger partial charge < -0.3 is 0 Å². The molecular formula is C13H9ClN2. The van der Waals surface area contributed by atoms with Gasteiger partial charge in [-0.15, -0.1) is 0 Å². The number of halogens is 1. The third kappa shape index (κ3) is 1.34. The van der Waals surface area contributed by atoms with E-state index >= 15 is 0 Å². The quantitative estimate of drug-likeness (QED) is 0.433. The van der Waals surface area contributed by atoms with E-state index in [0.717, 1.165) is 27.2 Å². The Balaban J connectivity index is 2.55. The maximum absolute atomic E-state index is 6.06. The van der Waals surface area contributed by atoms with E-state index in [9.17, 15) is 0 Å². The van der Waals surface area contributed by atoms with Gasteiger partial charge in [0.2, 0.25) is 0 Å². The maximum atomic E-state index is 6.06. The van der Waals surface area contributed by atoms with Gasteiger partial charge in [0.1, 0.15) is 5.15 Å². The molecule has 0 fully saturated rings. The zero-order chi connectivity index (χ0) is 11.1. The zero-order valence-corrected chi connectivity index (χ0v) is 9.49. The Morgan fingerprint density at radius 3 is 2.81 bits per heavy atom. The SMILES string of the molecule is Cc1cc2ccc3ccncc3c2nc1Cl. The molecule has 2 heterocycles. The molecule has 3 aromatic rings. The third-order valence-electron chi connectivity index (χ3n) is 2.73. The van der Waals surface area contributed by atoms with Crippen molar-refractivity contribution in [3.8, 4) is 0 Å². The summed E-state index contributed by atoms with van der Waals surface area (Å²) < 4.78 is 0. The van der Waals surface area contributed by atoms with Gasteiger partial charge in [0.25, 0.3) is 0 Å². The summed E-state index contributed by atoms with van der Waals surface area (Å²) >= 11 is 6.06. The minimum Gasteiger partial charge on any atom is -0.264 e. The summed E-state index contributed by atoms with van der Waals surface area (Å²) in [6.07, 6.45) is 3.61. The molecule has 0 saturated heterocycles. The van der Waals surface area contributed by atoms with Crippen molar-refractivity contribution in [2.75, 3.05) is 0 Å². The standard InChI is InChI=1S/C13H9ClN2/c1-8-6-10-3-2-9-4-5-15-7-11(9)12(10)16-13(8)14/h2-7H,1H3. The van der Waals surface area contributed by atoms with Gasteiger partial charge in [0.15, 0.2) is 0 Å². The number of hydrogen-bond acceptors (Lipinski definition) is 2. The average molecular weight is 229 g/mol. The van der Waals surface area contributed by atoms with E-state index in [0.29, 0.717) is 5.15 Å². The number of benzene rings is 1. The van der Waals surface area contributed by atoms with Crippen LogP contribution in [0.1, 0.15) is 5.56 Å². The molecule has 1 aromatic carbocycles. The third-order valence-corrected chi connectivity index (χ3v) is 3.12. The van der Waals surface area contributed by atoms with Gasteiger partial charge in [-0.05, 0) is 30.0 Å². The van der Waals surface area contributed by atoms with Crippen molar-refractivity contribution in [1.29, 1.82) is 0 Å². The van der Waals surface area contributed by atoms with Crippen LogP contribution in [-0.4, -0.2) is 9.97 Å².